The molecule has 0 radical (unpaired) electrons. The average molecular weight is 424 g/mol. The summed E-state index contributed by atoms with van der Waals surface area (Å²) in [5, 5.41) is 14.4. The predicted molar refractivity (Wildman–Crippen MR) is 110 cm³/mol. The molecule has 4 N–H and O–H groups in total. The number of likely N-dealkylation sites (tertiary alicyclic amines) is 1. The number of anilines is 1. The van der Waals surface area contributed by atoms with Gasteiger partial charge in [0.15, 0.2) is 0 Å². The van der Waals surface area contributed by atoms with Crippen molar-refractivity contribution in [2.75, 3.05) is 25.4 Å². The van der Waals surface area contributed by atoms with Gasteiger partial charge in [-0.05, 0) is 45.7 Å². The number of hydrogen-bond acceptors (Lipinski definition) is 6. The summed E-state index contributed by atoms with van der Waals surface area (Å²) in [5.41, 5.74) is 5.16. The van der Waals surface area contributed by atoms with E-state index in [2.05, 4.69) is 5.32 Å². The van der Waals surface area contributed by atoms with E-state index < -0.39 is 23.2 Å². The summed E-state index contributed by atoms with van der Waals surface area (Å²) in [7, 11) is 0. The van der Waals surface area contributed by atoms with Gasteiger partial charge in [0, 0.05) is 25.0 Å². The number of piperidine rings is 1. The molecule has 2 heterocycles. The third-order valence-corrected chi connectivity index (χ3v) is 5.21. The molecule has 0 unspecified atom stereocenters. The van der Waals surface area contributed by atoms with Crippen LogP contribution >= 0.6 is 11.6 Å². The van der Waals surface area contributed by atoms with Crippen LogP contribution in [-0.4, -0.2) is 52.8 Å². The second kappa shape index (κ2) is 7.76. The van der Waals surface area contributed by atoms with Gasteiger partial charge in [-0.2, -0.15) is 0 Å². The molecule has 0 atom stereocenters. The van der Waals surface area contributed by atoms with Gasteiger partial charge in [0.25, 0.3) is 5.91 Å². The van der Waals surface area contributed by atoms with Gasteiger partial charge in [-0.3, -0.25) is 4.79 Å². The molecule has 1 aromatic heterocycles. The average Bonchev–Trinajstić information content (AvgIpc) is 3.12. The molecule has 3 rings (SSSR count). The highest BCUT2D eigenvalue weighted by Crippen LogP contribution is 2.32. The number of nitrogens with zero attached hydrogens (tertiary/aromatic N) is 1. The zero-order chi connectivity index (χ0) is 21.4. The van der Waals surface area contributed by atoms with Crippen LogP contribution in [0.15, 0.2) is 22.8 Å². The van der Waals surface area contributed by atoms with Gasteiger partial charge in [-0.1, -0.05) is 11.6 Å². The fourth-order valence-electron chi connectivity index (χ4n) is 3.25. The van der Waals surface area contributed by atoms with Crippen molar-refractivity contribution in [2.45, 2.75) is 44.8 Å². The minimum atomic E-state index is -1.12. The van der Waals surface area contributed by atoms with Crippen LogP contribution in [0.5, 0.6) is 0 Å². The maximum atomic E-state index is 12.7. The third-order valence-electron chi connectivity index (χ3n) is 4.90. The molecular formula is C20H26ClN3O5. The third kappa shape index (κ3) is 4.76. The van der Waals surface area contributed by atoms with E-state index in [-0.39, 0.29) is 17.1 Å². The molecule has 1 fully saturated rings. The summed E-state index contributed by atoms with van der Waals surface area (Å²) in [5.74, 6) is -0.421. The van der Waals surface area contributed by atoms with Crippen LogP contribution in [0, 0.1) is 0 Å². The molecule has 0 spiro atoms. The van der Waals surface area contributed by atoms with Gasteiger partial charge in [0.1, 0.15) is 11.2 Å². The fourth-order valence-corrected chi connectivity index (χ4v) is 3.46. The fraction of sp³-hybridized carbons (Fsp3) is 0.500. The van der Waals surface area contributed by atoms with Crippen molar-refractivity contribution in [3.63, 3.8) is 0 Å². The lowest BCUT2D eigenvalue weighted by atomic mass is 9.91. The number of furan rings is 1. The molecule has 8 nitrogen and oxygen atoms in total. The van der Waals surface area contributed by atoms with Crippen molar-refractivity contribution in [1.82, 2.24) is 10.2 Å². The highest BCUT2D eigenvalue weighted by Gasteiger charge is 2.36. The summed E-state index contributed by atoms with van der Waals surface area (Å²) in [6, 6.07) is 3.10. The van der Waals surface area contributed by atoms with E-state index in [0.717, 1.165) is 0 Å². The topological polar surface area (TPSA) is 118 Å². The molecule has 1 aromatic carbocycles. The Hall–Kier alpha value is -2.45. The van der Waals surface area contributed by atoms with Crippen molar-refractivity contribution in [3.05, 3.63) is 29.0 Å². The number of carbonyl (C=O) groups is 2. The Balaban J connectivity index is 1.61. The maximum absolute atomic E-state index is 12.7. The Labute approximate surface area is 173 Å². The van der Waals surface area contributed by atoms with Crippen molar-refractivity contribution >= 4 is 40.3 Å². The first-order valence-electron chi connectivity index (χ1n) is 9.43. The van der Waals surface area contributed by atoms with E-state index >= 15 is 0 Å². The lowest BCUT2D eigenvalue weighted by molar-refractivity contribution is -0.0303. The first-order valence-corrected chi connectivity index (χ1v) is 9.81. The van der Waals surface area contributed by atoms with Crippen LogP contribution in [0.25, 0.3) is 11.0 Å². The lowest BCUT2D eigenvalue weighted by Crippen LogP contribution is -2.52. The van der Waals surface area contributed by atoms with E-state index in [1.165, 1.54) is 12.3 Å². The number of nitrogens with one attached hydrogen (secondary N) is 1. The van der Waals surface area contributed by atoms with Gasteiger partial charge in [-0.25, -0.2) is 4.79 Å². The molecule has 9 heteroatoms. The summed E-state index contributed by atoms with van der Waals surface area (Å²) in [6.07, 6.45) is 1.69. The number of benzene rings is 1. The van der Waals surface area contributed by atoms with Crippen molar-refractivity contribution < 1.29 is 23.8 Å². The zero-order valence-corrected chi connectivity index (χ0v) is 17.5. The molecule has 1 aliphatic rings. The highest BCUT2D eigenvalue weighted by molar-refractivity contribution is 6.35. The largest absolute Gasteiger partial charge is 0.463 e. The van der Waals surface area contributed by atoms with E-state index in [4.69, 9.17) is 26.5 Å². The number of amides is 2. The first-order chi connectivity index (χ1) is 13.5. The Kier molecular flexibility index (Phi) is 5.69. The minimum absolute atomic E-state index is 0.0399. The van der Waals surface area contributed by atoms with E-state index in [0.29, 0.717) is 42.6 Å². The number of nitrogens with two attached hydrogens (primary N) is 1. The second-order valence-corrected chi connectivity index (χ2v) is 8.76. The number of aliphatic hydroxyl groups is 1. The van der Waals surface area contributed by atoms with Crippen LogP contribution in [-0.2, 0) is 4.74 Å². The van der Waals surface area contributed by atoms with Crippen LogP contribution in [0.2, 0.25) is 5.02 Å². The number of nitrogen functional groups attached to an aromatic ring is 1. The van der Waals surface area contributed by atoms with Gasteiger partial charge >= 0.3 is 6.09 Å². The van der Waals surface area contributed by atoms with Gasteiger partial charge in [-0.15, -0.1) is 0 Å². The van der Waals surface area contributed by atoms with Crippen LogP contribution in [0.4, 0.5) is 10.5 Å². The molecule has 2 amide bonds. The summed E-state index contributed by atoms with van der Waals surface area (Å²) < 4.78 is 10.7. The zero-order valence-electron chi connectivity index (χ0n) is 16.8. The Morgan fingerprint density at radius 3 is 2.66 bits per heavy atom. The normalized spacial score (nSPS) is 16.7. The van der Waals surface area contributed by atoms with Gasteiger partial charge < -0.3 is 30.2 Å². The minimum Gasteiger partial charge on any atom is -0.463 e. The summed E-state index contributed by atoms with van der Waals surface area (Å²) >= 11 is 6.12. The Bertz CT molecular complexity index is 926. The highest BCUT2D eigenvalue weighted by atomic mass is 35.5. The van der Waals surface area contributed by atoms with Crippen LogP contribution in [0.3, 0.4) is 0 Å². The summed E-state index contributed by atoms with van der Waals surface area (Å²) in [4.78, 5) is 26.4. The first kappa shape index (κ1) is 21.3. The van der Waals surface area contributed by atoms with Gasteiger partial charge in [0.2, 0.25) is 0 Å². The smallest absolute Gasteiger partial charge is 0.410 e. The predicted octanol–water partition coefficient (Wildman–Crippen LogP) is 3.16. The molecule has 0 bridgehead atoms. The number of carbonyl (C=O) groups excluding carboxylic acids is 2. The lowest BCUT2D eigenvalue weighted by Gasteiger charge is -2.38. The van der Waals surface area contributed by atoms with Crippen molar-refractivity contribution in [2.24, 2.45) is 0 Å². The number of fused-ring (bicyclic) bond motifs is 1. The number of hydrogen-bond donors (Lipinski definition) is 3. The molecule has 1 aliphatic heterocycles. The van der Waals surface area contributed by atoms with E-state index in [9.17, 15) is 14.7 Å². The standard InChI is InChI=1S/C20H26ClN3O5/c1-19(2,3)29-18(26)24-7-5-20(27,6-8-24)11-23-17(25)13-10-14(21)15(22)12-4-9-28-16(12)13/h4,9-10,27H,5-8,11,22H2,1-3H3,(H,23,25). The maximum Gasteiger partial charge on any atom is 0.410 e. The molecule has 29 heavy (non-hydrogen) atoms. The molecule has 0 aliphatic carbocycles. The molecule has 158 valence electrons. The SMILES string of the molecule is CC(C)(C)OC(=O)N1CCC(O)(CNC(=O)c2cc(Cl)c(N)c3ccoc23)CC1. The Morgan fingerprint density at radius 2 is 2.03 bits per heavy atom. The molecule has 1 saturated heterocycles. The molecule has 2 aromatic rings. The van der Waals surface area contributed by atoms with Crippen LogP contribution < -0.4 is 11.1 Å². The van der Waals surface area contributed by atoms with Gasteiger partial charge in [0.05, 0.1) is 28.1 Å². The van der Waals surface area contributed by atoms with E-state index in [1.54, 1.807) is 31.7 Å². The molecular weight excluding hydrogens is 398 g/mol. The molecule has 0 saturated carbocycles. The van der Waals surface area contributed by atoms with E-state index in [1.807, 2.05) is 0 Å². The summed E-state index contributed by atoms with van der Waals surface area (Å²) in [6.45, 7) is 6.15. The van der Waals surface area contributed by atoms with Crippen LogP contribution in [0.1, 0.15) is 44.0 Å². The number of ether oxygens (including phenoxy) is 1. The van der Waals surface area contributed by atoms with Crippen molar-refractivity contribution in [1.29, 1.82) is 0 Å². The quantitative estimate of drug-likeness (QED) is 0.652. The Morgan fingerprint density at radius 1 is 1.38 bits per heavy atom. The number of halogens is 1. The monoisotopic (exact) mass is 423 g/mol. The number of rotatable bonds is 3. The van der Waals surface area contributed by atoms with Crippen molar-refractivity contribution in [3.8, 4) is 0 Å². The second-order valence-electron chi connectivity index (χ2n) is 8.36.